The molecule has 1 aromatic rings. The van der Waals surface area contributed by atoms with Crippen molar-refractivity contribution in [2.75, 3.05) is 7.11 Å². The van der Waals surface area contributed by atoms with Gasteiger partial charge in [0, 0.05) is 7.11 Å². The smallest absolute Gasteiger partial charge is 0.0571 e. The minimum atomic E-state index is 0.404. The molecule has 0 bridgehead atoms. The van der Waals surface area contributed by atoms with Crippen LogP contribution in [0.2, 0.25) is 0 Å². The van der Waals surface area contributed by atoms with Crippen molar-refractivity contribution in [1.29, 1.82) is 0 Å². The van der Waals surface area contributed by atoms with E-state index in [9.17, 15) is 0 Å². The predicted molar refractivity (Wildman–Crippen MR) is 106 cm³/mol. The van der Waals surface area contributed by atoms with E-state index in [1.807, 2.05) is 7.11 Å². The van der Waals surface area contributed by atoms with E-state index in [4.69, 9.17) is 4.74 Å². The van der Waals surface area contributed by atoms with E-state index in [2.05, 4.69) is 71.9 Å². The van der Waals surface area contributed by atoms with Gasteiger partial charge in [-0.15, -0.1) is 0 Å². The SMILES string of the molecule is CC(C)(C)Cc1ccccc1.COC1CCC(CC(C)(C)C)CC1. The molecule has 1 heteroatoms. The summed E-state index contributed by atoms with van der Waals surface area (Å²) in [5.41, 5.74) is 2.34. The van der Waals surface area contributed by atoms with Crippen LogP contribution in [0.1, 0.15) is 79.2 Å². The van der Waals surface area contributed by atoms with Gasteiger partial charge in [0.1, 0.15) is 0 Å². The van der Waals surface area contributed by atoms with Crippen molar-refractivity contribution in [1.82, 2.24) is 0 Å². The summed E-state index contributed by atoms with van der Waals surface area (Å²) in [6.45, 7) is 13.8. The average molecular weight is 333 g/mol. The van der Waals surface area contributed by atoms with Crippen molar-refractivity contribution < 1.29 is 4.74 Å². The van der Waals surface area contributed by atoms with E-state index in [1.165, 1.54) is 37.7 Å². The standard InChI is InChI=1S/C12H24O.C11H16/c1-12(2,3)9-10-5-7-11(13-4)8-6-10;1-11(2,3)9-10-7-5-4-6-8-10/h10-11H,5-9H2,1-4H3;4-8H,9H2,1-3H3. The molecule has 0 N–H and O–H groups in total. The van der Waals surface area contributed by atoms with E-state index < -0.39 is 0 Å². The number of benzene rings is 1. The van der Waals surface area contributed by atoms with E-state index in [1.54, 1.807) is 0 Å². The summed E-state index contributed by atoms with van der Waals surface area (Å²) in [4.78, 5) is 0. The van der Waals surface area contributed by atoms with Gasteiger partial charge in [0.05, 0.1) is 6.10 Å². The number of methoxy groups -OCH3 is 1. The monoisotopic (exact) mass is 332 g/mol. The van der Waals surface area contributed by atoms with Crippen LogP contribution in [0.3, 0.4) is 0 Å². The number of ether oxygens (including phenoxy) is 1. The molecule has 0 saturated heterocycles. The van der Waals surface area contributed by atoms with Crippen LogP contribution < -0.4 is 0 Å². The quantitative estimate of drug-likeness (QED) is 0.584. The average Bonchev–Trinajstić information content (AvgIpc) is 2.46. The second-order valence-electron chi connectivity index (χ2n) is 9.87. The zero-order valence-corrected chi connectivity index (χ0v) is 17.2. The van der Waals surface area contributed by atoms with Crippen LogP contribution in [-0.2, 0) is 11.2 Å². The fourth-order valence-electron chi connectivity index (χ4n) is 3.65. The minimum Gasteiger partial charge on any atom is -0.381 e. The Morgan fingerprint density at radius 3 is 1.79 bits per heavy atom. The molecule has 1 aromatic carbocycles. The summed E-state index contributed by atoms with van der Waals surface area (Å²) in [6.07, 6.45) is 8.38. The molecule has 0 heterocycles. The summed E-state index contributed by atoms with van der Waals surface area (Å²) >= 11 is 0. The van der Waals surface area contributed by atoms with Gasteiger partial charge in [-0.2, -0.15) is 0 Å². The minimum absolute atomic E-state index is 0.404. The Labute approximate surface area is 151 Å². The van der Waals surface area contributed by atoms with Crippen LogP contribution in [0.5, 0.6) is 0 Å². The van der Waals surface area contributed by atoms with Gasteiger partial charge >= 0.3 is 0 Å². The largest absolute Gasteiger partial charge is 0.381 e. The number of rotatable bonds is 3. The lowest BCUT2D eigenvalue weighted by Gasteiger charge is -2.31. The van der Waals surface area contributed by atoms with Crippen LogP contribution in [-0.4, -0.2) is 13.2 Å². The molecular formula is C23H40O. The summed E-state index contributed by atoms with van der Waals surface area (Å²) in [6, 6.07) is 10.6. The van der Waals surface area contributed by atoms with Gasteiger partial charge in [-0.25, -0.2) is 0 Å². The maximum Gasteiger partial charge on any atom is 0.0571 e. The van der Waals surface area contributed by atoms with Gasteiger partial charge in [-0.1, -0.05) is 71.9 Å². The second-order valence-corrected chi connectivity index (χ2v) is 9.87. The van der Waals surface area contributed by atoms with Gasteiger partial charge in [-0.05, 0) is 60.8 Å². The van der Waals surface area contributed by atoms with Gasteiger partial charge in [0.25, 0.3) is 0 Å². The Morgan fingerprint density at radius 2 is 1.38 bits per heavy atom. The summed E-state index contributed by atoms with van der Waals surface area (Å²) < 4.78 is 5.37. The molecule has 2 rings (SSSR count). The lowest BCUT2D eigenvalue weighted by atomic mass is 9.77. The van der Waals surface area contributed by atoms with E-state index in [-0.39, 0.29) is 0 Å². The molecule has 0 atom stereocenters. The van der Waals surface area contributed by atoms with E-state index in [0.717, 1.165) is 12.3 Å². The summed E-state index contributed by atoms with van der Waals surface area (Å²) in [7, 11) is 1.84. The fourth-order valence-corrected chi connectivity index (χ4v) is 3.65. The summed E-state index contributed by atoms with van der Waals surface area (Å²) in [5.74, 6) is 0.950. The van der Waals surface area contributed by atoms with Crippen molar-refractivity contribution in [3.8, 4) is 0 Å². The highest BCUT2D eigenvalue weighted by atomic mass is 16.5. The van der Waals surface area contributed by atoms with E-state index in [0.29, 0.717) is 16.9 Å². The van der Waals surface area contributed by atoms with Gasteiger partial charge in [0.2, 0.25) is 0 Å². The molecule has 0 aromatic heterocycles. The highest BCUT2D eigenvalue weighted by Gasteiger charge is 2.24. The van der Waals surface area contributed by atoms with Gasteiger partial charge in [0.15, 0.2) is 0 Å². The Hall–Kier alpha value is -0.820. The topological polar surface area (TPSA) is 9.23 Å². The van der Waals surface area contributed by atoms with Crippen molar-refractivity contribution in [3.63, 3.8) is 0 Å². The molecular weight excluding hydrogens is 292 g/mol. The first-order valence-electron chi connectivity index (χ1n) is 9.66. The van der Waals surface area contributed by atoms with Crippen molar-refractivity contribution >= 4 is 0 Å². The molecule has 0 amide bonds. The Balaban J connectivity index is 0.000000243. The zero-order chi connectivity index (χ0) is 18.2. The van der Waals surface area contributed by atoms with Gasteiger partial charge in [-0.3, -0.25) is 0 Å². The molecule has 0 spiro atoms. The van der Waals surface area contributed by atoms with Gasteiger partial charge < -0.3 is 4.74 Å². The molecule has 1 aliphatic carbocycles. The highest BCUT2D eigenvalue weighted by Crippen LogP contribution is 2.34. The van der Waals surface area contributed by atoms with Crippen LogP contribution in [0.4, 0.5) is 0 Å². The maximum absolute atomic E-state index is 5.37. The molecule has 138 valence electrons. The number of hydrogen-bond acceptors (Lipinski definition) is 1. The fraction of sp³-hybridized carbons (Fsp3) is 0.739. The Kier molecular flexibility index (Phi) is 8.50. The lowest BCUT2D eigenvalue weighted by molar-refractivity contribution is 0.0499. The van der Waals surface area contributed by atoms with Crippen molar-refractivity contribution in [3.05, 3.63) is 35.9 Å². The Morgan fingerprint density at radius 1 is 0.833 bits per heavy atom. The van der Waals surface area contributed by atoms with Crippen LogP contribution in [0.25, 0.3) is 0 Å². The molecule has 1 saturated carbocycles. The third kappa shape index (κ3) is 10.1. The lowest BCUT2D eigenvalue weighted by Crippen LogP contribution is -2.23. The molecule has 0 radical (unpaired) electrons. The Bertz CT molecular complexity index is 427. The van der Waals surface area contributed by atoms with E-state index >= 15 is 0 Å². The highest BCUT2D eigenvalue weighted by molar-refractivity contribution is 5.15. The van der Waals surface area contributed by atoms with Crippen LogP contribution >= 0.6 is 0 Å². The molecule has 1 fully saturated rings. The second kappa shape index (κ2) is 9.61. The maximum atomic E-state index is 5.37. The summed E-state index contributed by atoms with van der Waals surface area (Å²) in [5, 5.41) is 0. The van der Waals surface area contributed by atoms with Crippen molar-refractivity contribution in [2.24, 2.45) is 16.7 Å². The molecule has 0 aliphatic heterocycles. The third-order valence-electron chi connectivity index (χ3n) is 4.61. The third-order valence-corrected chi connectivity index (χ3v) is 4.61. The molecule has 24 heavy (non-hydrogen) atoms. The van der Waals surface area contributed by atoms with Crippen LogP contribution in [0.15, 0.2) is 30.3 Å². The molecule has 1 aliphatic rings. The number of hydrogen-bond donors (Lipinski definition) is 0. The zero-order valence-electron chi connectivity index (χ0n) is 17.2. The normalized spacial score (nSPS) is 21.8. The van der Waals surface area contributed by atoms with Crippen molar-refractivity contribution in [2.45, 2.75) is 86.2 Å². The predicted octanol–water partition coefficient (Wildman–Crippen LogP) is 6.90. The molecule has 1 nitrogen and oxygen atoms in total. The first-order chi connectivity index (χ1) is 11.1. The first kappa shape index (κ1) is 21.2. The molecule has 0 unspecified atom stereocenters. The van der Waals surface area contributed by atoms with Crippen LogP contribution in [0, 0.1) is 16.7 Å². The first-order valence-corrected chi connectivity index (χ1v) is 9.66.